The molecule has 2 aromatic rings. The number of hydrogen-bond donors (Lipinski definition) is 1. The molecule has 2 N–H and O–H groups in total. The molecule has 0 amide bonds. The minimum atomic E-state index is 0. The summed E-state index contributed by atoms with van der Waals surface area (Å²) in [7, 11) is 0. The van der Waals surface area contributed by atoms with Crippen molar-refractivity contribution in [3.63, 3.8) is 0 Å². The average molecular weight is 280 g/mol. The second kappa shape index (κ2) is 5.72. The summed E-state index contributed by atoms with van der Waals surface area (Å²) in [5, 5.41) is 4.01. The van der Waals surface area contributed by atoms with Gasteiger partial charge in [0.1, 0.15) is 0 Å². The van der Waals surface area contributed by atoms with Gasteiger partial charge in [-0.1, -0.05) is 24.2 Å². The fraction of sp³-hybridized carbons (Fsp3) is 0.429. The normalized spacial score (nSPS) is 17.7. The Morgan fingerprint density at radius 1 is 1.42 bits per heavy atom. The molecule has 0 saturated carbocycles. The molecule has 1 aromatic carbocycles. The number of aromatic nitrogens is 2. The third-order valence-electron chi connectivity index (χ3n) is 3.53. The first-order chi connectivity index (χ1) is 8.78. The van der Waals surface area contributed by atoms with E-state index in [1.165, 1.54) is 11.1 Å². The number of fused-ring (bicyclic) bond motifs is 1. The van der Waals surface area contributed by atoms with E-state index in [2.05, 4.69) is 22.3 Å². The van der Waals surface area contributed by atoms with Crippen LogP contribution in [0.3, 0.4) is 0 Å². The van der Waals surface area contributed by atoms with Crippen molar-refractivity contribution in [2.75, 3.05) is 0 Å². The van der Waals surface area contributed by atoms with Gasteiger partial charge in [-0.25, -0.2) is 0 Å². The summed E-state index contributed by atoms with van der Waals surface area (Å²) in [6.45, 7) is 2.00. The summed E-state index contributed by atoms with van der Waals surface area (Å²) in [5.41, 5.74) is 9.73. The van der Waals surface area contributed by atoms with E-state index in [1.54, 1.807) is 0 Å². The first-order valence-corrected chi connectivity index (χ1v) is 6.49. The first kappa shape index (κ1) is 14.0. The lowest BCUT2D eigenvalue weighted by Crippen LogP contribution is -2.17. The smallest absolute Gasteiger partial charge is 0.226 e. The lowest BCUT2D eigenvalue weighted by Gasteiger charge is -2.22. The second-order valence-corrected chi connectivity index (χ2v) is 4.78. The topological polar surface area (TPSA) is 64.9 Å². The zero-order valence-electron chi connectivity index (χ0n) is 10.9. The highest BCUT2D eigenvalue weighted by Crippen LogP contribution is 2.30. The quantitative estimate of drug-likeness (QED) is 0.917. The number of rotatable bonds is 2. The van der Waals surface area contributed by atoms with Crippen molar-refractivity contribution in [3.05, 3.63) is 35.2 Å². The Kier molecular flexibility index (Phi) is 4.22. The molecule has 1 atom stereocenters. The van der Waals surface area contributed by atoms with Crippen LogP contribution in [0, 0.1) is 0 Å². The molecule has 0 spiro atoms. The van der Waals surface area contributed by atoms with E-state index in [0.717, 1.165) is 31.2 Å². The Bertz CT molecular complexity index is 568. The monoisotopic (exact) mass is 279 g/mol. The van der Waals surface area contributed by atoms with E-state index in [-0.39, 0.29) is 18.4 Å². The summed E-state index contributed by atoms with van der Waals surface area (Å²) in [6.07, 6.45) is 4.09. The third-order valence-corrected chi connectivity index (χ3v) is 3.53. The highest BCUT2D eigenvalue weighted by atomic mass is 35.5. The summed E-state index contributed by atoms with van der Waals surface area (Å²) in [4.78, 5) is 4.36. The standard InChI is InChI=1S/C14H17N3O.ClH/c1-2-13-16-14(17-18-13)10-6-7-11-9(8-10)4-3-5-12(11)15;/h6-8,12H,2-5,15H2,1H3;1H. The van der Waals surface area contributed by atoms with Crippen LogP contribution in [0.15, 0.2) is 22.7 Å². The van der Waals surface area contributed by atoms with Crippen LogP contribution in [0.2, 0.25) is 0 Å². The summed E-state index contributed by atoms with van der Waals surface area (Å²) in [6, 6.07) is 6.47. The molecule has 3 rings (SSSR count). The van der Waals surface area contributed by atoms with Gasteiger partial charge in [-0.05, 0) is 36.5 Å². The largest absolute Gasteiger partial charge is 0.339 e. The van der Waals surface area contributed by atoms with Crippen LogP contribution in [-0.4, -0.2) is 10.1 Å². The molecule has 0 aliphatic heterocycles. The summed E-state index contributed by atoms with van der Waals surface area (Å²) >= 11 is 0. The van der Waals surface area contributed by atoms with Gasteiger partial charge in [0.05, 0.1) is 0 Å². The first-order valence-electron chi connectivity index (χ1n) is 6.49. The van der Waals surface area contributed by atoms with E-state index >= 15 is 0 Å². The lowest BCUT2D eigenvalue weighted by molar-refractivity contribution is 0.383. The molecule has 1 heterocycles. The van der Waals surface area contributed by atoms with Crippen LogP contribution in [0.4, 0.5) is 0 Å². The molecule has 1 aliphatic rings. The molecular weight excluding hydrogens is 262 g/mol. The molecule has 19 heavy (non-hydrogen) atoms. The Morgan fingerprint density at radius 2 is 2.26 bits per heavy atom. The van der Waals surface area contributed by atoms with Crippen molar-refractivity contribution in [2.24, 2.45) is 5.73 Å². The van der Waals surface area contributed by atoms with Gasteiger partial charge >= 0.3 is 0 Å². The van der Waals surface area contributed by atoms with Gasteiger partial charge < -0.3 is 10.3 Å². The zero-order valence-corrected chi connectivity index (χ0v) is 11.7. The van der Waals surface area contributed by atoms with Gasteiger partial charge in [0.2, 0.25) is 11.7 Å². The SMILES string of the molecule is CCc1nc(-c2ccc3c(c2)CCCC3N)no1.Cl. The predicted octanol–water partition coefficient (Wildman–Crippen LogP) is 3.06. The molecule has 102 valence electrons. The van der Waals surface area contributed by atoms with Crippen LogP contribution < -0.4 is 5.73 Å². The minimum absolute atomic E-state index is 0. The molecule has 0 radical (unpaired) electrons. The maximum Gasteiger partial charge on any atom is 0.226 e. The Morgan fingerprint density at radius 3 is 3.00 bits per heavy atom. The van der Waals surface area contributed by atoms with E-state index < -0.39 is 0 Å². The Balaban J connectivity index is 0.00000133. The fourth-order valence-electron chi connectivity index (χ4n) is 2.51. The highest BCUT2D eigenvalue weighted by Gasteiger charge is 2.18. The molecule has 1 aliphatic carbocycles. The maximum atomic E-state index is 6.11. The molecule has 1 unspecified atom stereocenters. The van der Waals surface area contributed by atoms with Crippen molar-refractivity contribution in [1.29, 1.82) is 0 Å². The molecule has 0 fully saturated rings. The second-order valence-electron chi connectivity index (χ2n) is 4.78. The van der Waals surface area contributed by atoms with Gasteiger partial charge in [-0.15, -0.1) is 12.4 Å². The average Bonchev–Trinajstić information content (AvgIpc) is 2.87. The van der Waals surface area contributed by atoms with Crippen LogP contribution >= 0.6 is 12.4 Å². The van der Waals surface area contributed by atoms with Crippen LogP contribution in [0.25, 0.3) is 11.4 Å². The Labute approximate surface area is 118 Å². The molecule has 1 aromatic heterocycles. The van der Waals surface area contributed by atoms with Crippen molar-refractivity contribution < 1.29 is 4.52 Å². The number of halogens is 1. The van der Waals surface area contributed by atoms with Crippen molar-refractivity contribution >= 4 is 12.4 Å². The molecule has 4 nitrogen and oxygen atoms in total. The van der Waals surface area contributed by atoms with Crippen LogP contribution in [0.5, 0.6) is 0 Å². The predicted molar refractivity (Wildman–Crippen MR) is 76.2 cm³/mol. The molecule has 5 heteroatoms. The zero-order chi connectivity index (χ0) is 12.5. The van der Waals surface area contributed by atoms with E-state index in [1.807, 2.05) is 13.0 Å². The number of nitrogens with zero attached hydrogens (tertiary/aromatic N) is 2. The summed E-state index contributed by atoms with van der Waals surface area (Å²) < 4.78 is 5.15. The summed E-state index contributed by atoms with van der Waals surface area (Å²) in [5.74, 6) is 1.35. The number of hydrogen-bond acceptors (Lipinski definition) is 4. The van der Waals surface area contributed by atoms with Gasteiger partial charge in [-0.2, -0.15) is 4.98 Å². The van der Waals surface area contributed by atoms with Gasteiger partial charge in [0, 0.05) is 18.0 Å². The van der Waals surface area contributed by atoms with Gasteiger partial charge in [-0.3, -0.25) is 0 Å². The molecule has 0 bridgehead atoms. The van der Waals surface area contributed by atoms with E-state index in [9.17, 15) is 0 Å². The van der Waals surface area contributed by atoms with Crippen molar-refractivity contribution in [1.82, 2.24) is 10.1 Å². The van der Waals surface area contributed by atoms with E-state index in [4.69, 9.17) is 10.3 Å². The van der Waals surface area contributed by atoms with E-state index in [0.29, 0.717) is 11.7 Å². The van der Waals surface area contributed by atoms with Crippen LogP contribution in [0.1, 0.15) is 42.8 Å². The molecular formula is C14H18ClN3O. The fourth-order valence-corrected chi connectivity index (χ4v) is 2.51. The minimum Gasteiger partial charge on any atom is -0.339 e. The number of benzene rings is 1. The Hall–Kier alpha value is -1.39. The van der Waals surface area contributed by atoms with Crippen molar-refractivity contribution in [2.45, 2.75) is 38.6 Å². The lowest BCUT2D eigenvalue weighted by atomic mass is 9.87. The van der Waals surface area contributed by atoms with Crippen LogP contribution in [-0.2, 0) is 12.8 Å². The number of aryl methyl sites for hydroxylation is 2. The molecule has 0 saturated heterocycles. The van der Waals surface area contributed by atoms with Gasteiger partial charge in [0.15, 0.2) is 0 Å². The van der Waals surface area contributed by atoms with Crippen molar-refractivity contribution in [3.8, 4) is 11.4 Å². The highest BCUT2D eigenvalue weighted by molar-refractivity contribution is 5.85. The number of nitrogens with two attached hydrogens (primary N) is 1. The maximum absolute atomic E-state index is 6.11. The van der Waals surface area contributed by atoms with Gasteiger partial charge in [0.25, 0.3) is 0 Å². The third kappa shape index (κ3) is 2.65.